The van der Waals surface area contributed by atoms with Gasteiger partial charge in [-0.2, -0.15) is 0 Å². The highest BCUT2D eigenvalue weighted by Crippen LogP contribution is 2.34. The van der Waals surface area contributed by atoms with Crippen molar-refractivity contribution in [3.05, 3.63) is 29.1 Å². The van der Waals surface area contributed by atoms with Crippen LogP contribution in [0.1, 0.15) is 42.6 Å². The number of carbonyl (C=O) groups excluding carboxylic acids is 3. The Kier molecular flexibility index (Phi) is 4.38. The van der Waals surface area contributed by atoms with Crippen molar-refractivity contribution >= 4 is 23.4 Å². The van der Waals surface area contributed by atoms with E-state index < -0.39 is 23.7 Å². The number of fused-ring (bicyclic) bond motifs is 1. The van der Waals surface area contributed by atoms with Crippen LogP contribution < -0.4 is 15.5 Å². The van der Waals surface area contributed by atoms with Gasteiger partial charge in [0.1, 0.15) is 11.9 Å². The zero-order valence-corrected chi connectivity index (χ0v) is 15.4. The topological polar surface area (TPSA) is 81.8 Å². The van der Waals surface area contributed by atoms with Crippen LogP contribution in [0, 0.1) is 5.82 Å². The van der Waals surface area contributed by atoms with Crippen molar-refractivity contribution < 1.29 is 18.8 Å². The maximum atomic E-state index is 14.9. The van der Waals surface area contributed by atoms with Crippen LogP contribution in [0.4, 0.5) is 10.1 Å². The molecule has 27 heavy (non-hydrogen) atoms. The quantitative estimate of drug-likeness (QED) is 0.748. The molecule has 3 amide bonds. The Labute approximate surface area is 156 Å². The first-order valence-corrected chi connectivity index (χ1v) is 9.33. The van der Waals surface area contributed by atoms with Crippen LogP contribution >= 0.6 is 0 Å². The Morgan fingerprint density at radius 2 is 1.81 bits per heavy atom. The normalized spacial score (nSPS) is 28.4. The van der Waals surface area contributed by atoms with Crippen molar-refractivity contribution in [3.63, 3.8) is 0 Å². The summed E-state index contributed by atoms with van der Waals surface area (Å²) < 4.78 is 14.9. The lowest BCUT2D eigenvalue weighted by Crippen LogP contribution is -2.55. The zero-order chi connectivity index (χ0) is 19.3. The highest BCUT2D eigenvalue weighted by atomic mass is 19.1. The molecular weight excluding hydrogens is 351 g/mol. The third-order valence-corrected chi connectivity index (χ3v) is 5.69. The van der Waals surface area contributed by atoms with Gasteiger partial charge in [-0.15, -0.1) is 0 Å². The molecule has 0 aromatic heterocycles. The second-order valence-electron chi connectivity index (χ2n) is 7.63. The molecule has 4 rings (SSSR count). The van der Waals surface area contributed by atoms with Crippen molar-refractivity contribution in [2.45, 2.75) is 51.4 Å². The highest BCUT2D eigenvalue weighted by Gasteiger charge is 2.41. The Morgan fingerprint density at radius 3 is 2.48 bits per heavy atom. The number of piperidine rings is 1. The number of piperazine rings is 1. The van der Waals surface area contributed by atoms with Crippen LogP contribution in [0.2, 0.25) is 0 Å². The first-order chi connectivity index (χ1) is 12.9. The van der Waals surface area contributed by atoms with Gasteiger partial charge in [-0.3, -0.25) is 19.7 Å². The Bertz CT molecular complexity index is 817. The SMILES string of the molecule is CC1CNCC(C)N1c1cc(F)c2c(c1)CN(C1CCC(=O)NC1=O)C2=O. The molecule has 144 valence electrons. The van der Waals surface area contributed by atoms with Crippen LogP contribution in [-0.4, -0.2) is 53.8 Å². The van der Waals surface area contributed by atoms with Crippen LogP contribution in [0.5, 0.6) is 0 Å². The van der Waals surface area contributed by atoms with Gasteiger partial charge in [-0.05, 0) is 38.0 Å². The summed E-state index contributed by atoms with van der Waals surface area (Å²) in [6.07, 6.45) is 0.449. The fourth-order valence-electron chi connectivity index (χ4n) is 4.43. The van der Waals surface area contributed by atoms with E-state index in [0.29, 0.717) is 5.56 Å². The number of carbonyl (C=O) groups is 3. The van der Waals surface area contributed by atoms with Crippen molar-refractivity contribution in [2.24, 2.45) is 0 Å². The van der Waals surface area contributed by atoms with E-state index >= 15 is 0 Å². The molecule has 7 nitrogen and oxygen atoms in total. The minimum absolute atomic E-state index is 0.0406. The van der Waals surface area contributed by atoms with E-state index in [-0.39, 0.29) is 42.9 Å². The number of anilines is 1. The fourth-order valence-corrected chi connectivity index (χ4v) is 4.43. The van der Waals surface area contributed by atoms with Crippen LogP contribution in [0.25, 0.3) is 0 Å². The third kappa shape index (κ3) is 2.97. The molecule has 8 heteroatoms. The van der Waals surface area contributed by atoms with Gasteiger partial charge in [0, 0.05) is 43.8 Å². The molecule has 0 saturated carbocycles. The summed E-state index contributed by atoms with van der Waals surface area (Å²) in [6.45, 7) is 5.96. The summed E-state index contributed by atoms with van der Waals surface area (Å²) in [4.78, 5) is 39.8. The Hall–Kier alpha value is -2.48. The molecule has 0 spiro atoms. The van der Waals surface area contributed by atoms with E-state index in [0.717, 1.165) is 18.8 Å². The third-order valence-electron chi connectivity index (χ3n) is 5.69. The minimum atomic E-state index is -0.734. The van der Waals surface area contributed by atoms with Gasteiger partial charge >= 0.3 is 0 Å². The first kappa shape index (κ1) is 17.9. The maximum Gasteiger partial charge on any atom is 0.258 e. The van der Waals surface area contributed by atoms with Gasteiger partial charge in [-0.25, -0.2) is 4.39 Å². The lowest BCUT2D eigenvalue weighted by Gasteiger charge is -2.41. The van der Waals surface area contributed by atoms with E-state index in [4.69, 9.17) is 0 Å². The number of amides is 3. The molecule has 2 saturated heterocycles. The molecule has 0 radical (unpaired) electrons. The first-order valence-electron chi connectivity index (χ1n) is 9.33. The van der Waals surface area contributed by atoms with Gasteiger partial charge < -0.3 is 15.1 Å². The molecule has 1 aromatic rings. The summed E-state index contributed by atoms with van der Waals surface area (Å²) in [6, 6.07) is 2.95. The number of nitrogens with zero attached hydrogens (tertiary/aromatic N) is 2. The molecule has 1 aromatic carbocycles. The highest BCUT2D eigenvalue weighted by molar-refractivity contribution is 6.05. The predicted octanol–water partition coefficient (Wildman–Crippen LogP) is 0.773. The van der Waals surface area contributed by atoms with E-state index in [2.05, 4.69) is 29.4 Å². The molecule has 3 aliphatic rings. The average Bonchev–Trinajstić information content (AvgIpc) is 2.92. The average molecular weight is 374 g/mol. The largest absolute Gasteiger partial charge is 0.363 e. The number of hydrogen-bond acceptors (Lipinski definition) is 5. The van der Waals surface area contributed by atoms with Crippen LogP contribution in [-0.2, 0) is 16.1 Å². The molecule has 3 atom stereocenters. The molecule has 3 aliphatic heterocycles. The summed E-state index contributed by atoms with van der Waals surface area (Å²) in [5, 5.41) is 5.61. The van der Waals surface area contributed by atoms with E-state index in [9.17, 15) is 18.8 Å². The summed E-state index contributed by atoms with van der Waals surface area (Å²) >= 11 is 0. The van der Waals surface area contributed by atoms with E-state index in [1.165, 1.54) is 11.0 Å². The molecule has 3 unspecified atom stereocenters. The van der Waals surface area contributed by atoms with E-state index in [1.807, 2.05) is 6.07 Å². The smallest absolute Gasteiger partial charge is 0.258 e. The monoisotopic (exact) mass is 374 g/mol. The number of rotatable bonds is 2. The van der Waals surface area contributed by atoms with Crippen molar-refractivity contribution in [1.82, 2.24) is 15.5 Å². The predicted molar refractivity (Wildman–Crippen MR) is 96.7 cm³/mol. The van der Waals surface area contributed by atoms with Gasteiger partial charge in [0.2, 0.25) is 11.8 Å². The number of benzene rings is 1. The molecule has 3 heterocycles. The fraction of sp³-hybridized carbons (Fsp3) is 0.526. The molecular formula is C19H23FN4O3. The van der Waals surface area contributed by atoms with E-state index in [1.54, 1.807) is 0 Å². The lowest BCUT2D eigenvalue weighted by atomic mass is 10.0. The van der Waals surface area contributed by atoms with Gasteiger partial charge in [0.15, 0.2) is 0 Å². The summed E-state index contributed by atoms with van der Waals surface area (Å²) in [5.74, 6) is -1.86. The van der Waals surface area contributed by atoms with Crippen LogP contribution in [0.3, 0.4) is 0 Å². The van der Waals surface area contributed by atoms with Gasteiger partial charge in [0.25, 0.3) is 5.91 Å². The maximum absolute atomic E-state index is 14.9. The molecule has 2 fully saturated rings. The van der Waals surface area contributed by atoms with Gasteiger partial charge in [-0.1, -0.05) is 0 Å². The lowest BCUT2D eigenvalue weighted by molar-refractivity contribution is -0.136. The van der Waals surface area contributed by atoms with Crippen molar-refractivity contribution in [1.29, 1.82) is 0 Å². The van der Waals surface area contributed by atoms with Crippen molar-refractivity contribution in [3.8, 4) is 0 Å². The second kappa shape index (κ2) is 6.60. The van der Waals surface area contributed by atoms with Crippen LogP contribution in [0.15, 0.2) is 12.1 Å². The standard InChI is InChI=1S/C19H23FN4O3/c1-10-7-21-8-11(2)24(10)13-5-12-9-23(19(27)17(12)14(20)6-13)15-3-4-16(25)22-18(15)26/h5-6,10-11,15,21H,3-4,7-9H2,1-2H3,(H,22,25,26). The number of halogens is 1. The minimum Gasteiger partial charge on any atom is -0.363 e. The number of imide groups is 1. The summed E-state index contributed by atoms with van der Waals surface area (Å²) in [5.41, 5.74) is 1.39. The Morgan fingerprint density at radius 1 is 1.11 bits per heavy atom. The molecule has 2 N–H and O–H groups in total. The molecule has 0 aliphatic carbocycles. The zero-order valence-electron chi connectivity index (χ0n) is 15.4. The molecule has 0 bridgehead atoms. The number of nitrogens with one attached hydrogen (secondary N) is 2. The number of hydrogen-bond donors (Lipinski definition) is 2. The second-order valence-corrected chi connectivity index (χ2v) is 7.63. The van der Waals surface area contributed by atoms with Gasteiger partial charge in [0.05, 0.1) is 5.56 Å². The van der Waals surface area contributed by atoms with Crippen molar-refractivity contribution in [2.75, 3.05) is 18.0 Å². The Balaban J connectivity index is 1.64. The summed E-state index contributed by atoms with van der Waals surface area (Å²) in [7, 11) is 0.